The molecule has 0 unspecified atom stereocenters. The van der Waals surface area contributed by atoms with Crippen molar-refractivity contribution >= 4 is 17.8 Å². The molecule has 0 aliphatic carbocycles. The largest absolute Gasteiger partial charge is 0.392 e. The second kappa shape index (κ2) is 8.26. The second-order valence-electron chi connectivity index (χ2n) is 5.41. The normalized spacial score (nSPS) is 14.7. The lowest BCUT2D eigenvalue weighted by Crippen LogP contribution is -2.33. The number of aliphatic hydroxyl groups excluding tert-OH is 2. The molecule has 0 aliphatic rings. The van der Waals surface area contributed by atoms with Crippen molar-refractivity contribution in [3.05, 3.63) is 72.8 Å². The van der Waals surface area contributed by atoms with Crippen LogP contribution in [0.15, 0.2) is 72.8 Å². The summed E-state index contributed by atoms with van der Waals surface area (Å²) < 4.78 is 14.1. The van der Waals surface area contributed by atoms with Crippen LogP contribution < -0.4 is 10.6 Å². The van der Waals surface area contributed by atoms with Gasteiger partial charge in [0.25, 0.3) is 0 Å². The quantitative estimate of drug-likeness (QED) is 0.606. The summed E-state index contributed by atoms with van der Waals surface area (Å²) in [5.41, 5.74) is -0.565. The Morgan fingerprint density at radius 1 is 1.00 bits per heavy atom. The fraction of sp³-hybridized carbons (Fsp3) is 0.263. The Kier molecular flexibility index (Phi) is 6.35. The van der Waals surface area contributed by atoms with E-state index in [0.717, 1.165) is 0 Å². The van der Waals surface area contributed by atoms with Crippen molar-refractivity contribution in [2.45, 2.75) is 25.1 Å². The molecule has 2 atom stereocenters. The lowest BCUT2D eigenvalue weighted by Gasteiger charge is -2.30. The maximum atomic E-state index is 14.1. The van der Waals surface area contributed by atoms with E-state index >= 15 is 0 Å². The number of aliphatic hydroxyl groups is 2. The third-order valence-electron chi connectivity index (χ3n) is 3.95. The molecular formula is C19H23O3P. The molecule has 2 rings (SSSR count). The van der Waals surface area contributed by atoms with Gasteiger partial charge in [-0.2, -0.15) is 0 Å². The van der Waals surface area contributed by atoms with Crippen LogP contribution in [0.4, 0.5) is 0 Å². The summed E-state index contributed by atoms with van der Waals surface area (Å²) in [5, 5.41) is 21.0. The molecule has 0 amide bonds. The van der Waals surface area contributed by atoms with Crippen LogP contribution in [0.3, 0.4) is 0 Å². The zero-order chi connectivity index (χ0) is 16.7. The Morgan fingerprint density at radius 2 is 1.48 bits per heavy atom. The zero-order valence-corrected chi connectivity index (χ0v) is 14.1. The minimum absolute atomic E-state index is 0.142. The number of rotatable bonds is 7. The van der Waals surface area contributed by atoms with Crippen LogP contribution in [-0.4, -0.2) is 28.6 Å². The van der Waals surface area contributed by atoms with Crippen molar-refractivity contribution in [2.75, 3.05) is 6.61 Å². The summed E-state index contributed by atoms with van der Waals surface area (Å²) in [6, 6.07) is 18.6. The van der Waals surface area contributed by atoms with Crippen molar-refractivity contribution in [3.63, 3.8) is 0 Å². The van der Waals surface area contributed by atoms with Gasteiger partial charge in [-0.25, -0.2) is 0 Å². The first-order chi connectivity index (χ1) is 11.1. The Hall–Kier alpha value is -1.67. The molecule has 2 N–H and O–H groups in total. The highest BCUT2D eigenvalue weighted by atomic mass is 31.2. The van der Waals surface area contributed by atoms with Gasteiger partial charge in [0.05, 0.1) is 18.4 Å². The number of benzene rings is 2. The first-order valence-corrected chi connectivity index (χ1v) is 9.58. The van der Waals surface area contributed by atoms with Gasteiger partial charge >= 0.3 is 0 Å². The van der Waals surface area contributed by atoms with E-state index in [1.54, 1.807) is 12.2 Å². The van der Waals surface area contributed by atoms with Gasteiger partial charge in [-0.05, 0) is 6.42 Å². The van der Waals surface area contributed by atoms with Crippen molar-refractivity contribution < 1.29 is 14.8 Å². The molecule has 2 aromatic rings. The van der Waals surface area contributed by atoms with Gasteiger partial charge in [-0.3, -0.25) is 0 Å². The predicted molar refractivity (Wildman–Crippen MR) is 96.1 cm³/mol. The zero-order valence-electron chi connectivity index (χ0n) is 13.2. The highest BCUT2D eigenvalue weighted by molar-refractivity contribution is 7.79. The van der Waals surface area contributed by atoms with E-state index in [2.05, 4.69) is 0 Å². The molecule has 0 saturated heterocycles. The highest BCUT2D eigenvalue weighted by Gasteiger charge is 2.38. The highest BCUT2D eigenvalue weighted by Crippen LogP contribution is 2.51. The fourth-order valence-corrected chi connectivity index (χ4v) is 6.00. The average Bonchev–Trinajstić information content (AvgIpc) is 2.62. The number of hydrogen-bond acceptors (Lipinski definition) is 3. The Labute approximate surface area is 137 Å². The summed E-state index contributed by atoms with van der Waals surface area (Å²) in [7, 11) is -3.08. The van der Waals surface area contributed by atoms with Crippen molar-refractivity contribution in [3.8, 4) is 0 Å². The summed E-state index contributed by atoms with van der Waals surface area (Å²) >= 11 is 0. The smallest absolute Gasteiger partial charge is 0.152 e. The molecule has 0 heterocycles. The second-order valence-corrected chi connectivity index (χ2v) is 8.35. The average molecular weight is 330 g/mol. The molecule has 0 radical (unpaired) electrons. The maximum absolute atomic E-state index is 14.1. The summed E-state index contributed by atoms with van der Waals surface area (Å²) in [6.07, 6.45) is 2.99. The lowest BCUT2D eigenvalue weighted by atomic mass is 10.2. The van der Waals surface area contributed by atoms with E-state index in [1.807, 2.05) is 67.6 Å². The lowest BCUT2D eigenvalue weighted by molar-refractivity contribution is 0.175. The Morgan fingerprint density at radius 3 is 1.87 bits per heavy atom. The Bertz CT molecular complexity index is 624. The van der Waals surface area contributed by atoms with E-state index in [4.69, 9.17) is 5.11 Å². The molecule has 0 saturated carbocycles. The molecule has 122 valence electrons. The third kappa shape index (κ3) is 3.81. The van der Waals surface area contributed by atoms with Gasteiger partial charge in [0, 0.05) is 10.6 Å². The molecule has 23 heavy (non-hydrogen) atoms. The van der Waals surface area contributed by atoms with E-state index in [9.17, 15) is 9.67 Å². The summed E-state index contributed by atoms with van der Waals surface area (Å²) in [6.45, 7) is 1.72. The van der Waals surface area contributed by atoms with Crippen LogP contribution in [0.1, 0.15) is 13.3 Å². The summed E-state index contributed by atoms with van der Waals surface area (Å²) in [4.78, 5) is 0. The third-order valence-corrected chi connectivity index (χ3v) is 7.44. The van der Waals surface area contributed by atoms with Crippen molar-refractivity contribution in [1.82, 2.24) is 0 Å². The standard InChI is InChI=1S/C19H23O3P/c1-2-18(21)19(14-9-15-20)23(22,16-10-5-3-6-11-16)17-12-7-4-8-13-17/h3-14,18-21H,2,15H2,1H3/b14-9+/t18-,19+/m0/s1. The Balaban J connectivity index is 2.65. The monoisotopic (exact) mass is 330 g/mol. The van der Waals surface area contributed by atoms with Crippen molar-refractivity contribution in [1.29, 1.82) is 0 Å². The molecule has 0 spiro atoms. The van der Waals surface area contributed by atoms with Crippen LogP contribution in [0.5, 0.6) is 0 Å². The van der Waals surface area contributed by atoms with E-state index < -0.39 is 18.9 Å². The minimum atomic E-state index is -3.08. The minimum Gasteiger partial charge on any atom is -0.392 e. The fourth-order valence-electron chi connectivity index (χ4n) is 2.73. The van der Waals surface area contributed by atoms with Crippen LogP contribution in [0.25, 0.3) is 0 Å². The number of hydrogen-bond donors (Lipinski definition) is 2. The molecule has 4 heteroatoms. The van der Waals surface area contributed by atoms with Gasteiger partial charge in [0.1, 0.15) is 0 Å². The van der Waals surface area contributed by atoms with Crippen LogP contribution in [-0.2, 0) is 4.57 Å². The molecular weight excluding hydrogens is 307 g/mol. The van der Waals surface area contributed by atoms with Crippen LogP contribution >= 0.6 is 7.14 Å². The molecule has 0 fully saturated rings. The van der Waals surface area contributed by atoms with Gasteiger partial charge in [-0.1, -0.05) is 79.7 Å². The topological polar surface area (TPSA) is 57.5 Å². The van der Waals surface area contributed by atoms with Gasteiger partial charge < -0.3 is 14.8 Å². The molecule has 3 nitrogen and oxygen atoms in total. The SMILES string of the molecule is CC[C@H](O)[C@@H](/C=C/CO)P(=O)(c1ccccc1)c1ccccc1. The molecule has 0 aliphatic heterocycles. The van der Waals surface area contributed by atoms with Crippen LogP contribution in [0, 0.1) is 0 Å². The van der Waals surface area contributed by atoms with Gasteiger partial charge in [0.15, 0.2) is 7.14 Å². The molecule has 0 bridgehead atoms. The predicted octanol–water partition coefficient (Wildman–Crippen LogP) is 2.69. The van der Waals surface area contributed by atoms with E-state index in [-0.39, 0.29) is 6.61 Å². The first kappa shape index (κ1) is 17.7. The van der Waals surface area contributed by atoms with E-state index in [1.165, 1.54) is 0 Å². The van der Waals surface area contributed by atoms with Crippen LogP contribution in [0.2, 0.25) is 0 Å². The maximum Gasteiger partial charge on any atom is 0.152 e. The van der Waals surface area contributed by atoms with Crippen molar-refractivity contribution in [2.24, 2.45) is 0 Å². The van der Waals surface area contributed by atoms with E-state index in [0.29, 0.717) is 17.0 Å². The summed E-state index contributed by atoms with van der Waals surface area (Å²) in [5.74, 6) is 0. The van der Waals surface area contributed by atoms with Gasteiger partial charge in [-0.15, -0.1) is 0 Å². The molecule has 2 aromatic carbocycles. The first-order valence-electron chi connectivity index (χ1n) is 7.81. The van der Waals surface area contributed by atoms with Gasteiger partial charge in [0.2, 0.25) is 0 Å². The molecule has 0 aromatic heterocycles.